The smallest absolute Gasteiger partial charge is 0.0554 e. The molecular weight excluding hydrogens is 336 g/mol. The molecule has 26 heavy (non-hydrogen) atoms. The van der Waals surface area contributed by atoms with Crippen LogP contribution in [0.1, 0.15) is 0 Å². The molecule has 5 rings (SSSR count). The molecule has 2 aliphatic rings. The van der Waals surface area contributed by atoms with E-state index in [0.717, 1.165) is 15.3 Å². The van der Waals surface area contributed by atoms with E-state index in [1.54, 1.807) is 11.3 Å². The average molecular weight is 352 g/mol. The maximum absolute atomic E-state index is 7.99. The Kier molecular flexibility index (Phi) is 3.30. The first kappa shape index (κ1) is 15.1. The van der Waals surface area contributed by atoms with Crippen LogP contribution in [0.3, 0.4) is 0 Å². The quantitative estimate of drug-likeness (QED) is 0.287. The van der Waals surface area contributed by atoms with Gasteiger partial charge in [-0.2, -0.15) is 0 Å². The molecule has 0 bridgehead atoms. The highest BCUT2D eigenvalue weighted by Gasteiger charge is 2.15. The summed E-state index contributed by atoms with van der Waals surface area (Å²) in [6, 6.07) is 27.0. The number of nitrogens with one attached hydrogen (secondary N) is 1. The number of hydrogen-bond acceptors (Lipinski definition) is 3. The second kappa shape index (κ2) is 5.68. The molecule has 1 aliphatic carbocycles. The third-order valence-corrected chi connectivity index (χ3v) is 5.90. The van der Waals surface area contributed by atoms with Crippen molar-refractivity contribution in [2.75, 3.05) is 5.73 Å². The highest BCUT2D eigenvalue weighted by atomic mass is 32.1. The Bertz CT molecular complexity index is 1320. The Morgan fingerprint density at radius 2 is 1.62 bits per heavy atom. The monoisotopic (exact) mass is 352 g/mol. The van der Waals surface area contributed by atoms with Crippen LogP contribution in [0.15, 0.2) is 78.9 Å². The lowest BCUT2D eigenvalue weighted by Crippen LogP contribution is -1.99. The van der Waals surface area contributed by atoms with Gasteiger partial charge in [0.25, 0.3) is 0 Å². The van der Waals surface area contributed by atoms with E-state index >= 15 is 0 Å². The molecule has 124 valence electrons. The van der Waals surface area contributed by atoms with Gasteiger partial charge in [0, 0.05) is 26.2 Å². The van der Waals surface area contributed by atoms with E-state index in [2.05, 4.69) is 54.6 Å². The van der Waals surface area contributed by atoms with E-state index in [0.29, 0.717) is 5.36 Å². The second-order valence-electron chi connectivity index (χ2n) is 6.51. The van der Waals surface area contributed by atoms with Crippen molar-refractivity contribution in [1.29, 1.82) is 5.41 Å². The van der Waals surface area contributed by atoms with Gasteiger partial charge in [0.1, 0.15) is 0 Å². The van der Waals surface area contributed by atoms with Gasteiger partial charge in [-0.05, 0) is 52.2 Å². The molecule has 0 aromatic heterocycles. The minimum absolute atomic E-state index is 0.529. The van der Waals surface area contributed by atoms with Crippen LogP contribution in [0, 0.1) is 5.41 Å². The lowest BCUT2D eigenvalue weighted by molar-refractivity contribution is 1.28. The molecule has 0 saturated heterocycles. The van der Waals surface area contributed by atoms with E-state index in [9.17, 15) is 0 Å². The van der Waals surface area contributed by atoms with Crippen molar-refractivity contribution in [3.8, 4) is 21.6 Å². The van der Waals surface area contributed by atoms with E-state index < -0.39 is 0 Å². The van der Waals surface area contributed by atoms with Gasteiger partial charge in [0.05, 0.1) is 5.36 Å². The van der Waals surface area contributed by atoms with Crippen molar-refractivity contribution in [2.24, 2.45) is 0 Å². The van der Waals surface area contributed by atoms with Gasteiger partial charge in [0.2, 0.25) is 0 Å². The van der Waals surface area contributed by atoms with Crippen molar-refractivity contribution in [3.05, 3.63) is 84.2 Å². The van der Waals surface area contributed by atoms with Crippen LogP contribution >= 0.6 is 11.3 Å². The summed E-state index contributed by atoms with van der Waals surface area (Å²) in [6.07, 6.45) is 0. The SMILES string of the molecule is N=c1ccc2c(-c3ccc4ccccc4c3)c3ccc(N)cc3sc-2c1. The van der Waals surface area contributed by atoms with Crippen LogP contribution in [-0.2, 0) is 0 Å². The summed E-state index contributed by atoms with van der Waals surface area (Å²) in [5, 5.41) is 12.2. The van der Waals surface area contributed by atoms with Crippen LogP contribution in [0.25, 0.3) is 42.4 Å². The molecule has 0 radical (unpaired) electrons. The number of anilines is 1. The fraction of sp³-hybridized carbons (Fsp3) is 0. The number of nitrogens with two attached hydrogens (primary N) is 1. The zero-order chi connectivity index (χ0) is 17.7. The second-order valence-corrected chi connectivity index (χ2v) is 7.59. The Hall–Kier alpha value is -3.17. The van der Waals surface area contributed by atoms with Gasteiger partial charge < -0.3 is 11.1 Å². The van der Waals surface area contributed by atoms with Gasteiger partial charge >= 0.3 is 0 Å². The highest BCUT2D eigenvalue weighted by Crippen LogP contribution is 2.43. The maximum Gasteiger partial charge on any atom is 0.0554 e. The largest absolute Gasteiger partial charge is 0.399 e. The molecule has 3 aromatic rings. The number of nitrogen functional groups attached to an aromatic ring is 1. The molecule has 1 aliphatic heterocycles. The normalized spacial score (nSPS) is 11.4. The minimum Gasteiger partial charge on any atom is -0.399 e. The fourth-order valence-electron chi connectivity index (χ4n) is 3.56. The van der Waals surface area contributed by atoms with Crippen LogP contribution in [-0.4, -0.2) is 0 Å². The molecule has 3 aromatic carbocycles. The van der Waals surface area contributed by atoms with Crippen molar-refractivity contribution in [3.63, 3.8) is 0 Å². The summed E-state index contributed by atoms with van der Waals surface area (Å²) in [6.45, 7) is 0. The molecule has 1 heterocycles. The van der Waals surface area contributed by atoms with Crippen molar-refractivity contribution in [2.45, 2.75) is 0 Å². The lowest BCUT2D eigenvalue weighted by Gasteiger charge is -2.16. The minimum atomic E-state index is 0.529. The zero-order valence-corrected chi connectivity index (χ0v) is 14.8. The Morgan fingerprint density at radius 1 is 0.769 bits per heavy atom. The standard InChI is InChI=1S/C23H16N2S/c24-17-7-9-19-21(12-17)26-22-13-18(25)8-10-20(22)23(19)16-6-5-14-3-1-2-4-15(14)11-16/h1-13,24H,25H2. The Morgan fingerprint density at radius 3 is 2.50 bits per heavy atom. The summed E-state index contributed by atoms with van der Waals surface area (Å²) < 4.78 is 1.14. The first-order valence-electron chi connectivity index (χ1n) is 8.49. The first-order chi connectivity index (χ1) is 12.7. The lowest BCUT2D eigenvalue weighted by atomic mass is 9.93. The summed E-state index contributed by atoms with van der Waals surface area (Å²) in [5.41, 5.74) is 10.4. The third kappa shape index (κ3) is 2.37. The molecule has 0 unspecified atom stereocenters. The predicted octanol–water partition coefficient (Wildman–Crippen LogP) is 5.89. The predicted molar refractivity (Wildman–Crippen MR) is 112 cm³/mol. The number of rotatable bonds is 1. The van der Waals surface area contributed by atoms with E-state index in [4.69, 9.17) is 11.1 Å². The number of fused-ring (bicyclic) bond motifs is 3. The Labute approximate surface area is 155 Å². The molecule has 0 amide bonds. The molecule has 0 saturated carbocycles. The summed E-state index contributed by atoms with van der Waals surface area (Å²) in [7, 11) is 0. The van der Waals surface area contributed by atoms with Crippen molar-refractivity contribution >= 4 is 37.9 Å². The number of hydrogen-bond donors (Lipinski definition) is 2. The van der Waals surface area contributed by atoms with Gasteiger partial charge in [-0.1, -0.05) is 48.5 Å². The van der Waals surface area contributed by atoms with Crippen molar-refractivity contribution < 1.29 is 0 Å². The van der Waals surface area contributed by atoms with Crippen LogP contribution in [0.4, 0.5) is 5.69 Å². The topological polar surface area (TPSA) is 49.9 Å². The van der Waals surface area contributed by atoms with Gasteiger partial charge in [-0.15, -0.1) is 11.3 Å². The van der Waals surface area contributed by atoms with E-state index in [1.165, 1.54) is 32.8 Å². The van der Waals surface area contributed by atoms with Gasteiger partial charge in [-0.25, -0.2) is 0 Å². The number of benzene rings is 4. The average Bonchev–Trinajstić information content (AvgIpc) is 2.65. The van der Waals surface area contributed by atoms with Crippen LogP contribution < -0.4 is 11.1 Å². The van der Waals surface area contributed by atoms with Crippen molar-refractivity contribution in [1.82, 2.24) is 0 Å². The molecular formula is C23H16N2S. The highest BCUT2D eigenvalue weighted by molar-refractivity contribution is 7.21. The zero-order valence-electron chi connectivity index (χ0n) is 14.0. The van der Waals surface area contributed by atoms with Gasteiger partial charge in [0.15, 0.2) is 0 Å². The molecule has 0 spiro atoms. The van der Waals surface area contributed by atoms with Crippen LogP contribution in [0.2, 0.25) is 0 Å². The molecule has 0 atom stereocenters. The van der Waals surface area contributed by atoms with E-state index in [1.807, 2.05) is 24.3 Å². The summed E-state index contributed by atoms with van der Waals surface area (Å²) in [5.74, 6) is 0. The first-order valence-corrected chi connectivity index (χ1v) is 9.30. The molecule has 3 heteroatoms. The maximum atomic E-state index is 7.99. The third-order valence-electron chi connectivity index (χ3n) is 4.78. The molecule has 2 nitrogen and oxygen atoms in total. The summed E-state index contributed by atoms with van der Waals surface area (Å²) in [4.78, 5) is 1.11. The van der Waals surface area contributed by atoms with E-state index in [-0.39, 0.29) is 0 Å². The van der Waals surface area contributed by atoms with Crippen LogP contribution in [0.5, 0.6) is 0 Å². The summed E-state index contributed by atoms with van der Waals surface area (Å²) >= 11 is 1.69. The van der Waals surface area contributed by atoms with Gasteiger partial charge in [-0.3, -0.25) is 0 Å². The molecule has 3 N–H and O–H groups in total. The Balaban J connectivity index is 1.93. The fourth-order valence-corrected chi connectivity index (χ4v) is 4.74. The molecule has 0 fully saturated rings.